The van der Waals surface area contributed by atoms with Crippen LogP contribution in [-0.4, -0.2) is 119 Å². The summed E-state index contributed by atoms with van der Waals surface area (Å²) in [5.74, 6) is -4.80. The highest BCUT2D eigenvalue weighted by Gasteiger charge is 2.37. The molecule has 0 saturated heterocycles. The Morgan fingerprint density at radius 3 is 2.08 bits per heavy atom. The summed E-state index contributed by atoms with van der Waals surface area (Å²) in [7, 11) is 2.99. The molecule has 0 aromatic heterocycles. The number of carbonyl (C=O) groups is 7. The van der Waals surface area contributed by atoms with E-state index in [1.807, 2.05) is 20.8 Å². The van der Waals surface area contributed by atoms with Gasteiger partial charge in [0.25, 0.3) is 0 Å². The van der Waals surface area contributed by atoms with E-state index in [2.05, 4.69) is 21.3 Å². The number of esters is 1. The van der Waals surface area contributed by atoms with Crippen molar-refractivity contribution in [2.24, 2.45) is 23.7 Å². The molecule has 0 aromatic rings. The first-order valence-electron chi connectivity index (χ1n) is 21.5. The monoisotopic (exact) mass is 831 g/mol. The van der Waals surface area contributed by atoms with Crippen molar-refractivity contribution in [3.63, 3.8) is 0 Å². The molecule has 2 unspecified atom stereocenters. The number of ether oxygens (including phenoxy) is 1. The van der Waals surface area contributed by atoms with Gasteiger partial charge in [0.2, 0.25) is 35.4 Å². The van der Waals surface area contributed by atoms with Crippen LogP contribution in [0.3, 0.4) is 0 Å². The van der Waals surface area contributed by atoms with Crippen molar-refractivity contribution in [3.8, 4) is 0 Å². The number of cyclic esters (lactones) is 1. The fourth-order valence-corrected chi connectivity index (χ4v) is 7.62. The van der Waals surface area contributed by atoms with Crippen molar-refractivity contribution < 1.29 is 43.4 Å². The van der Waals surface area contributed by atoms with E-state index in [0.717, 1.165) is 32.1 Å². The lowest BCUT2D eigenvalue weighted by molar-refractivity contribution is -0.155. The lowest BCUT2D eigenvalue weighted by Crippen LogP contribution is -2.58. The van der Waals surface area contributed by atoms with E-state index < -0.39 is 96.3 Å². The van der Waals surface area contributed by atoms with Crippen molar-refractivity contribution in [1.82, 2.24) is 31.1 Å². The molecule has 0 radical (unpaired) electrons. The fraction of sp³-hybridized carbons (Fsp3) is 0.750. The van der Waals surface area contributed by atoms with Crippen LogP contribution in [0.25, 0.3) is 0 Å². The second-order valence-electron chi connectivity index (χ2n) is 17.4. The van der Waals surface area contributed by atoms with E-state index in [4.69, 9.17) is 4.74 Å². The zero-order valence-electron chi connectivity index (χ0n) is 37.7. The number of likely N-dealkylation sites (N-methyl/N-ethyl adjacent to an activating group) is 2. The van der Waals surface area contributed by atoms with Crippen LogP contribution >= 0.6 is 0 Å². The van der Waals surface area contributed by atoms with Gasteiger partial charge in [-0.25, -0.2) is 4.79 Å². The molecule has 1 aliphatic carbocycles. The lowest BCUT2D eigenvalue weighted by Gasteiger charge is -2.35. The molecule has 1 saturated carbocycles. The minimum absolute atomic E-state index is 0.00302. The van der Waals surface area contributed by atoms with E-state index in [0.29, 0.717) is 18.4 Å². The lowest BCUT2D eigenvalue weighted by atomic mass is 9.84. The van der Waals surface area contributed by atoms with E-state index in [-0.39, 0.29) is 36.2 Å². The van der Waals surface area contributed by atoms with Gasteiger partial charge < -0.3 is 40.9 Å². The first-order valence-corrected chi connectivity index (χ1v) is 21.5. The summed E-state index contributed by atoms with van der Waals surface area (Å²) in [6, 6.07) is -5.14. The fourth-order valence-electron chi connectivity index (χ4n) is 7.62. The molecule has 15 nitrogen and oxygen atoms in total. The van der Waals surface area contributed by atoms with E-state index in [9.17, 15) is 38.7 Å². The summed E-state index contributed by atoms with van der Waals surface area (Å²) < 4.78 is 5.89. The molecule has 5 N–H and O–H groups in total. The van der Waals surface area contributed by atoms with Crippen molar-refractivity contribution in [2.75, 3.05) is 20.6 Å². The molecule has 1 heterocycles. The topological polar surface area (TPSA) is 204 Å². The van der Waals surface area contributed by atoms with Gasteiger partial charge >= 0.3 is 5.97 Å². The van der Waals surface area contributed by atoms with Gasteiger partial charge in [-0.15, -0.1) is 0 Å². The molecule has 334 valence electrons. The Morgan fingerprint density at radius 2 is 1.51 bits per heavy atom. The Hall–Kier alpha value is -4.27. The highest BCUT2D eigenvalue weighted by Crippen LogP contribution is 2.29. The molecular formula is C44H74N6O9. The molecule has 0 bridgehead atoms. The van der Waals surface area contributed by atoms with E-state index in [1.54, 1.807) is 46.8 Å². The van der Waals surface area contributed by atoms with Crippen LogP contribution in [0.5, 0.6) is 0 Å². The van der Waals surface area contributed by atoms with E-state index >= 15 is 0 Å². The Balaban J connectivity index is 2.59. The van der Waals surface area contributed by atoms with Gasteiger partial charge in [0, 0.05) is 25.6 Å². The van der Waals surface area contributed by atoms with Crippen molar-refractivity contribution >= 4 is 41.4 Å². The van der Waals surface area contributed by atoms with Gasteiger partial charge in [-0.3, -0.25) is 28.8 Å². The van der Waals surface area contributed by atoms with Crippen LogP contribution in [0.1, 0.15) is 127 Å². The van der Waals surface area contributed by atoms with Crippen LogP contribution in [0.15, 0.2) is 23.3 Å². The average Bonchev–Trinajstić information content (AvgIpc) is 3.20. The number of aliphatic hydroxyl groups excluding tert-OH is 1. The zero-order chi connectivity index (χ0) is 44.7. The Kier molecular flexibility index (Phi) is 20.8. The number of hydrogen-bond donors (Lipinski definition) is 5. The second-order valence-corrected chi connectivity index (χ2v) is 17.4. The van der Waals surface area contributed by atoms with Crippen molar-refractivity contribution in [2.45, 2.75) is 169 Å². The predicted octanol–water partition coefficient (Wildman–Crippen LogP) is 3.54. The summed E-state index contributed by atoms with van der Waals surface area (Å²) in [5, 5.41) is 22.2. The van der Waals surface area contributed by atoms with Crippen LogP contribution < -0.4 is 21.3 Å². The van der Waals surface area contributed by atoms with Crippen molar-refractivity contribution in [1.29, 1.82) is 0 Å². The standard InChI is InChI=1S/C44H74N6O9/c1-13-26(5)37-41(55)46-31(10)44(58)59-38(27(6)14-2)29(8)35(51)21-20-28(7)39(53)47-33(22-25(3)4)40(54)45-30(9)42(56)50(12)34(23-32-18-16-15-17-19-32)43(57)49(11)24-36(52)48-37/h14,20,25-26,29-35,37-38,51H,13,15-19,21-24H2,1-12H3,(H,45,54)(H,46,55)(H,47,53)(H,48,52)/b27-14+,28-20+/t26?,29-,30-,31+,33+,34+,35-,37?,38+/m0/s1. The first-order chi connectivity index (χ1) is 27.6. The Morgan fingerprint density at radius 1 is 0.898 bits per heavy atom. The highest BCUT2D eigenvalue weighted by molar-refractivity contribution is 5.98. The normalized spacial score (nSPS) is 30.8. The number of carbonyl (C=O) groups excluding carboxylic acids is 7. The SMILES string of the molecule is C/C=C(\C)[C@H]1OC(=O)[C@@H](C)NC(=O)C(C(C)CC)NC(=O)CN(C)C(=O)[C@@H](CC2CCCCC2)N(C)C(=O)[C@H](C)NC(=O)[C@@H](CC(C)C)NC(=O)/C(C)=C/C[C@H](O)[C@@H]1C. The molecule has 1 fully saturated rings. The highest BCUT2D eigenvalue weighted by atomic mass is 16.5. The van der Waals surface area contributed by atoms with Gasteiger partial charge in [0.1, 0.15) is 36.3 Å². The maximum absolute atomic E-state index is 14.2. The average molecular weight is 831 g/mol. The first kappa shape index (κ1) is 50.9. The van der Waals surface area contributed by atoms with Gasteiger partial charge in [0.15, 0.2) is 0 Å². The van der Waals surface area contributed by atoms with Gasteiger partial charge in [-0.1, -0.05) is 85.3 Å². The summed E-state index contributed by atoms with van der Waals surface area (Å²) in [5.41, 5.74) is 0.924. The minimum atomic E-state index is -1.12. The molecule has 59 heavy (non-hydrogen) atoms. The Labute approximate surface area is 352 Å². The number of nitrogens with one attached hydrogen (secondary N) is 4. The molecule has 6 amide bonds. The molecular weight excluding hydrogens is 757 g/mol. The number of aliphatic hydroxyl groups is 1. The zero-order valence-corrected chi connectivity index (χ0v) is 37.7. The molecule has 2 rings (SSSR count). The number of rotatable bonds is 7. The largest absolute Gasteiger partial charge is 0.456 e. The smallest absolute Gasteiger partial charge is 0.328 e. The summed E-state index contributed by atoms with van der Waals surface area (Å²) in [4.78, 5) is 98.6. The second kappa shape index (κ2) is 24.1. The summed E-state index contributed by atoms with van der Waals surface area (Å²) in [6.07, 6.45) is 7.52. The molecule has 9 atom stereocenters. The van der Waals surface area contributed by atoms with Crippen LogP contribution in [0, 0.1) is 23.7 Å². The maximum atomic E-state index is 14.2. The number of hydrogen-bond acceptors (Lipinski definition) is 9. The molecule has 15 heteroatoms. The number of nitrogens with zero attached hydrogens (tertiary/aromatic N) is 2. The number of allylic oxidation sites excluding steroid dienone is 1. The van der Waals surface area contributed by atoms with Crippen molar-refractivity contribution in [3.05, 3.63) is 23.3 Å². The third-order valence-electron chi connectivity index (χ3n) is 12.0. The minimum Gasteiger partial charge on any atom is -0.456 e. The van der Waals surface area contributed by atoms with Crippen LogP contribution in [0.2, 0.25) is 0 Å². The predicted molar refractivity (Wildman–Crippen MR) is 226 cm³/mol. The van der Waals surface area contributed by atoms with Gasteiger partial charge in [-0.2, -0.15) is 0 Å². The molecule has 2 aliphatic rings. The molecule has 0 aromatic carbocycles. The van der Waals surface area contributed by atoms with Crippen LogP contribution in [-0.2, 0) is 38.3 Å². The molecule has 1 aliphatic heterocycles. The third-order valence-corrected chi connectivity index (χ3v) is 12.0. The number of amides is 6. The summed E-state index contributed by atoms with van der Waals surface area (Å²) >= 11 is 0. The summed E-state index contributed by atoms with van der Waals surface area (Å²) in [6.45, 7) is 16.9. The quantitative estimate of drug-likeness (QED) is 0.188. The van der Waals surface area contributed by atoms with E-state index in [1.165, 1.54) is 37.7 Å². The van der Waals surface area contributed by atoms with Gasteiger partial charge in [0.05, 0.1) is 12.6 Å². The maximum Gasteiger partial charge on any atom is 0.328 e. The molecule has 0 spiro atoms. The Bertz CT molecular complexity index is 1540. The third kappa shape index (κ3) is 15.4. The van der Waals surface area contributed by atoms with Gasteiger partial charge in [-0.05, 0) is 77.2 Å². The van der Waals surface area contributed by atoms with Crippen LogP contribution in [0.4, 0.5) is 0 Å².